The van der Waals surface area contributed by atoms with E-state index in [2.05, 4.69) is 0 Å². The minimum absolute atomic E-state index is 0.220. The van der Waals surface area contributed by atoms with Crippen LogP contribution in [-0.2, 0) is 10.0 Å². The summed E-state index contributed by atoms with van der Waals surface area (Å²) in [5.41, 5.74) is 0.283. The number of para-hydroxylation sites is 2. The van der Waals surface area contributed by atoms with E-state index >= 15 is 0 Å². The van der Waals surface area contributed by atoms with Gasteiger partial charge in [-0.25, -0.2) is 8.42 Å². The summed E-state index contributed by atoms with van der Waals surface area (Å²) in [6.45, 7) is 6.35. The van der Waals surface area contributed by atoms with Gasteiger partial charge in [0.2, 0.25) is 0 Å². The predicted molar refractivity (Wildman–Crippen MR) is 96.3 cm³/mol. The van der Waals surface area contributed by atoms with Crippen LogP contribution in [-0.4, -0.2) is 21.1 Å². The number of fused-ring (bicyclic) bond motifs is 1. The molecule has 0 aliphatic carbocycles. The summed E-state index contributed by atoms with van der Waals surface area (Å²) >= 11 is 5.90. The summed E-state index contributed by atoms with van der Waals surface area (Å²) in [7, 11) is -3.73. The lowest BCUT2D eigenvalue weighted by Crippen LogP contribution is -2.53. The normalized spacial score (nSPS) is 18.0. The van der Waals surface area contributed by atoms with Crippen LogP contribution in [0.25, 0.3) is 0 Å². The van der Waals surface area contributed by atoms with E-state index < -0.39 is 10.0 Å². The number of hydrogen-bond donors (Lipinski definition) is 0. The van der Waals surface area contributed by atoms with Crippen LogP contribution >= 0.6 is 11.6 Å². The number of ether oxygens (including phenoxy) is 1. The highest BCUT2D eigenvalue weighted by molar-refractivity contribution is 7.92. The van der Waals surface area contributed by atoms with Crippen LogP contribution in [0.15, 0.2) is 53.4 Å². The molecule has 6 heteroatoms. The minimum atomic E-state index is -3.73. The van der Waals surface area contributed by atoms with E-state index in [4.69, 9.17) is 16.3 Å². The van der Waals surface area contributed by atoms with Crippen LogP contribution in [0, 0.1) is 5.41 Å². The van der Waals surface area contributed by atoms with Gasteiger partial charge in [0.15, 0.2) is 0 Å². The predicted octanol–water partition coefficient (Wildman–Crippen LogP) is 4.34. The Labute approximate surface area is 148 Å². The number of anilines is 1. The lowest BCUT2D eigenvalue weighted by Gasteiger charge is -2.43. The molecular weight excluding hydrogens is 346 g/mol. The van der Waals surface area contributed by atoms with E-state index in [-0.39, 0.29) is 16.4 Å². The molecule has 0 spiro atoms. The Hall–Kier alpha value is -1.72. The van der Waals surface area contributed by atoms with Crippen LogP contribution in [0.5, 0.6) is 5.75 Å². The van der Waals surface area contributed by atoms with Crippen molar-refractivity contribution in [2.75, 3.05) is 10.9 Å². The average Bonchev–Trinajstić information content (AvgIpc) is 2.53. The molecule has 1 aliphatic heterocycles. The SMILES string of the molecule is CC(C)(C)C1COc2ccccc2N1S(=O)(=O)c1ccc(Cl)cc1. The molecule has 3 rings (SSSR count). The van der Waals surface area contributed by atoms with Gasteiger partial charge in [-0.3, -0.25) is 4.31 Å². The summed E-state index contributed by atoms with van der Waals surface area (Å²) in [6.07, 6.45) is 0. The first-order chi connectivity index (χ1) is 11.2. The monoisotopic (exact) mass is 365 g/mol. The Morgan fingerprint density at radius 2 is 1.71 bits per heavy atom. The third-order valence-corrected chi connectivity index (χ3v) is 6.24. The molecular formula is C18H20ClNO3S. The van der Waals surface area contributed by atoms with Gasteiger partial charge < -0.3 is 4.74 Å². The van der Waals surface area contributed by atoms with Crippen LogP contribution < -0.4 is 9.04 Å². The third-order valence-electron chi connectivity index (χ3n) is 4.15. The van der Waals surface area contributed by atoms with E-state index in [0.29, 0.717) is 23.1 Å². The van der Waals surface area contributed by atoms with Crippen molar-refractivity contribution in [2.24, 2.45) is 5.41 Å². The minimum Gasteiger partial charge on any atom is -0.489 e. The molecule has 1 atom stereocenters. The summed E-state index contributed by atoms with van der Waals surface area (Å²) in [5.74, 6) is 0.579. The molecule has 128 valence electrons. The Morgan fingerprint density at radius 3 is 2.33 bits per heavy atom. The number of hydrogen-bond acceptors (Lipinski definition) is 3. The Bertz CT molecular complexity index is 841. The van der Waals surface area contributed by atoms with Gasteiger partial charge in [0, 0.05) is 5.02 Å². The first-order valence-electron chi connectivity index (χ1n) is 7.73. The van der Waals surface area contributed by atoms with Crippen molar-refractivity contribution >= 4 is 27.3 Å². The highest BCUT2D eigenvalue weighted by atomic mass is 35.5. The maximum absolute atomic E-state index is 13.3. The standard InChI is InChI=1S/C18H20ClNO3S/c1-18(2,3)17-12-23-16-7-5-4-6-15(16)20(17)24(21,22)14-10-8-13(19)9-11-14/h4-11,17H,12H2,1-3H3. The van der Waals surface area contributed by atoms with Gasteiger partial charge in [-0.2, -0.15) is 0 Å². The van der Waals surface area contributed by atoms with Crippen molar-refractivity contribution in [3.8, 4) is 5.75 Å². The second kappa shape index (κ2) is 5.97. The van der Waals surface area contributed by atoms with Crippen molar-refractivity contribution in [2.45, 2.75) is 31.7 Å². The Balaban J connectivity index is 2.18. The molecule has 0 saturated heterocycles. The molecule has 0 N–H and O–H groups in total. The van der Waals surface area contributed by atoms with Gasteiger partial charge in [-0.05, 0) is 41.8 Å². The molecule has 0 aromatic heterocycles. The summed E-state index contributed by atoms with van der Waals surface area (Å²) in [6, 6.07) is 13.2. The van der Waals surface area contributed by atoms with E-state index in [1.54, 1.807) is 24.3 Å². The van der Waals surface area contributed by atoms with Gasteiger partial charge in [0.05, 0.1) is 16.6 Å². The topological polar surface area (TPSA) is 46.6 Å². The van der Waals surface area contributed by atoms with E-state index in [9.17, 15) is 8.42 Å². The zero-order valence-corrected chi connectivity index (χ0v) is 15.4. The lowest BCUT2D eigenvalue weighted by molar-refractivity contribution is 0.193. The smallest absolute Gasteiger partial charge is 0.264 e. The molecule has 0 amide bonds. The fraction of sp³-hybridized carbons (Fsp3) is 0.333. The fourth-order valence-electron chi connectivity index (χ4n) is 2.78. The molecule has 1 aliphatic rings. The third kappa shape index (κ3) is 2.98. The van der Waals surface area contributed by atoms with Gasteiger partial charge in [0.1, 0.15) is 12.4 Å². The number of sulfonamides is 1. The lowest BCUT2D eigenvalue weighted by atomic mass is 9.86. The zero-order chi connectivity index (χ0) is 17.5. The Kier molecular flexibility index (Phi) is 4.26. The Morgan fingerprint density at radius 1 is 1.08 bits per heavy atom. The van der Waals surface area contributed by atoms with Crippen molar-refractivity contribution < 1.29 is 13.2 Å². The molecule has 0 saturated carbocycles. The van der Waals surface area contributed by atoms with Crippen LogP contribution in [0.4, 0.5) is 5.69 Å². The van der Waals surface area contributed by atoms with Crippen molar-refractivity contribution in [1.82, 2.24) is 0 Å². The van der Waals surface area contributed by atoms with E-state index in [0.717, 1.165) is 0 Å². The molecule has 24 heavy (non-hydrogen) atoms. The van der Waals surface area contributed by atoms with Gasteiger partial charge >= 0.3 is 0 Å². The van der Waals surface area contributed by atoms with Crippen LogP contribution in [0.1, 0.15) is 20.8 Å². The highest BCUT2D eigenvalue weighted by Gasteiger charge is 2.42. The van der Waals surface area contributed by atoms with Crippen LogP contribution in [0.3, 0.4) is 0 Å². The number of halogens is 1. The second-order valence-corrected chi connectivity index (χ2v) is 9.17. The number of rotatable bonds is 2. The first kappa shape index (κ1) is 17.1. The summed E-state index contributed by atoms with van der Waals surface area (Å²) in [5, 5.41) is 0.503. The fourth-order valence-corrected chi connectivity index (χ4v) is 4.74. The molecule has 0 fully saturated rings. The van der Waals surface area contributed by atoms with Crippen molar-refractivity contribution in [1.29, 1.82) is 0 Å². The molecule has 2 aromatic carbocycles. The highest BCUT2D eigenvalue weighted by Crippen LogP contribution is 2.42. The maximum Gasteiger partial charge on any atom is 0.264 e. The van der Waals surface area contributed by atoms with Gasteiger partial charge in [-0.1, -0.05) is 44.5 Å². The van der Waals surface area contributed by atoms with E-state index in [1.807, 2.05) is 32.9 Å². The first-order valence-corrected chi connectivity index (χ1v) is 9.55. The number of benzene rings is 2. The molecule has 1 unspecified atom stereocenters. The largest absolute Gasteiger partial charge is 0.489 e. The number of nitrogens with zero attached hydrogens (tertiary/aromatic N) is 1. The summed E-state index contributed by atoms with van der Waals surface area (Å²) < 4.78 is 34.0. The van der Waals surface area contributed by atoms with Crippen molar-refractivity contribution in [3.63, 3.8) is 0 Å². The van der Waals surface area contributed by atoms with Crippen molar-refractivity contribution in [3.05, 3.63) is 53.6 Å². The maximum atomic E-state index is 13.3. The summed E-state index contributed by atoms with van der Waals surface area (Å²) in [4.78, 5) is 0.220. The van der Waals surface area contributed by atoms with E-state index in [1.165, 1.54) is 16.4 Å². The molecule has 0 bridgehead atoms. The average molecular weight is 366 g/mol. The molecule has 4 nitrogen and oxygen atoms in total. The van der Waals surface area contributed by atoms with Gasteiger partial charge in [0.25, 0.3) is 10.0 Å². The zero-order valence-electron chi connectivity index (χ0n) is 13.9. The van der Waals surface area contributed by atoms with Crippen LogP contribution in [0.2, 0.25) is 5.02 Å². The second-order valence-electron chi connectivity index (χ2n) is 6.92. The molecule has 2 aromatic rings. The molecule has 0 radical (unpaired) electrons. The van der Waals surface area contributed by atoms with Gasteiger partial charge in [-0.15, -0.1) is 0 Å². The molecule has 1 heterocycles. The quantitative estimate of drug-likeness (QED) is 0.795.